The van der Waals surface area contributed by atoms with Gasteiger partial charge in [-0.05, 0) is 88.6 Å². The number of carbonyl (C=O) groups excluding carboxylic acids is 1. The number of unbranched alkanes of at least 4 members (excludes halogenated alkanes) is 1. The highest BCUT2D eigenvalue weighted by atomic mass is 16.6. The van der Waals surface area contributed by atoms with Crippen LogP contribution in [0.5, 0.6) is 11.5 Å². The third-order valence-corrected chi connectivity index (χ3v) is 5.94. The number of carbonyl (C=O) groups is 1. The van der Waals surface area contributed by atoms with Gasteiger partial charge in [0.05, 0.1) is 13.7 Å². The van der Waals surface area contributed by atoms with Crippen molar-refractivity contribution in [3.8, 4) is 11.5 Å². The van der Waals surface area contributed by atoms with Gasteiger partial charge in [-0.25, -0.2) is 4.79 Å². The molecule has 0 radical (unpaired) electrons. The van der Waals surface area contributed by atoms with E-state index >= 15 is 0 Å². The zero-order chi connectivity index (χ0) is 23.7. The van der Waals surface area contributed by atoms with Crippen LogP contribution in [0.25, 0.3) is 0 Å². The number of aryl methyl sites for hydroxylation is 2. The molecule has 0 bridgehead atoms. The molecule has 1 heterocycles. The molecule has 1 amide bonds. The fourth-order valence-corrected chi connectivity index (χ4v) is 4.19. The summed E-state index contributed by atoms with van der Waals surface area (Å²) in [5.41, 5.74) is 2.13. The molecule has 1 saturated heterocycles. The molecule has 180 valence electrons. The van der Waals surface area contributed by atoms with Crippen molar-refractivity contribution in [3.05, 3.63) is 59.7 Å². The van der Waals surface area contributed by atoms with Crippen LogP contribution in [0.15, 0.2) is 48.5 Å². The number of amides is 1. The van der Waals surface area contributed by atoms with Crippen LogP contribution in [0.4, 0.5) is 4.79 Å². The van der Waals surface area contributed by atoms with Crippen LogP contribution in [-0.2, 0) is 17.6 Å². The summed E-state index contributed by atoms with van der Waals surface area (Å²) in [5.74, 6) is 2.20. The van der Waals surface area contributed by atoms with Crippen LogP contribution in [0.3, 0.4) is 0 Å². The summed E-state index contributed by atoms with van der Waals surface area (Å²) in [4.78, 5) is 14.3. The van der Waals surface area contributed by atoms with Crippen molar-refractivity contribution >= 4 is 6.09 Å². The highest BCUT2D eigenvalue weighted by molar-refractivity contribution is 5.68. The molecule has 1 fully saturated rings. The second-order valence-corrected chi connectivity index (χ2v) is 9.91. The monoisotopic (exact) mass is 453 g/mol. The number of likely N-dealkylation sites (tertiary alicyclic amines) is 1. The molecular formula is C28H39NO4. The van der Waals surface area contributed by atoms with E-state index in [1.807, 2.05) is 43.9 Å². The highest BCUT2D eigenvalue weighted by Crippen LogP contribution is 2.24. The summed E-state index contributed by atoms with van der Waals surface area (Å²) < 4.78 is 17.0. The van der Waals surface area contributed by atoms with Gasteiger partial charge in [0, 0.05) is 19.0 Å². The van der Waals surface area contributed by atoms with E-state index in [-0.39, 0.29) is 6.09 Å². The second kappa shape index (κ2) is 12.0. The van der Waals surface area contributed by atoms with Gasteiger partial charge in [0.2, 0.25) is 0 Å². The fourth-order valence-electron chi connectivity index (χ4n) is 4.19. The topological polar surface area (TPSA) is 48.0 Å². The molecular weight excluding hydrogens is 414 g/mol. The Labute approximate surface area is 199 Å². The van der Waals surface area contributed by atoms with E-state index in [4.69, 9.17) is 14.2 Å². The van der Waals surface area contributed by atoms with Crippen LogP contribution in [-0.4, -0.2) is 43.4 Å². The number of para-hydroxylation sites is 1. The Morgan fingerprint density at radius 3 is 2.48 bits per heavy atom. The maximum Gasteiger partial charge on any atom is 0.410 e. The van der Waals surface area contributed by atoms with E-state index < -0.39 is 5.60 Å². The number of hydrogen-bond acceptors (Lipinski definition) is 4. The van der Waals surface area contributed by atoms with Crippen LogP contribution in [0.1, 0.15) is 57.6 Å². The van der Waals surface area contributed by atoms with Crippen molar-refractivity contribution in [2.75, 3.05) is 26.8 Å². The van der Waals surface area contributed by atoms with E-state index in [0.29, 0.717) is 19.1 Å². The minimum atomic E-state index is -0.465. The lowest BCUT2D eigenvalue weighted by molar-refractivity contribution is 0.0139. The Bertz CT molecular complexity index is 872. The molecule has 1 aliphatic rings. The minimum Gasteiger partial charge on any atom is -0.497 e. The first-order valence-corrected chi connectivity index (χ1v) is 12.2. The number of piperidine rings is 1. The normalized spacial score (nSPS) is 16.4. The van der Waals surface area contributed by atoms with Crippen molar-refractivity contribution in [2.45, 2.75) is 64.9 Å². The quantitative estimate of drug-likeness (QED) is 0.419. The predicted octanol–water partition coefficient (Wildman–Crippen LogP) is 6.29. The molecule has 2 aromatic carbocycles. The molecule has 1 atom stereocenters. The summed E-state index contributed by atoms with van der Waals surface area (Å²) in [5, 5.41) is 0. The molecule has 0 aliphatic carbocycles. The van der Waals surface area contributed by atoms with E-state index in [2.05, 4.69) is 30.3 Å². The Morgan fingerprint density at radius 2 is 1.76 bits per heavy atom. The van der Waals surface area contributed by atoms with E-state index in [9.17, 15) is 4.79 Å². The van der Waals surface area contributed by atoms with Crippen molar-refractivity contribution in [2.24, 2.45) is 5.92 Å². The van der Waals surface area contributed by atoms with E-state index in [1.165, 1.54) is 11.1 Å². The molecule has 1 unspecified atom stereocenters. The number of methoxy groups -OCH3 is 1. The summed E-state index contributed by atoms with van der Waals surface area (Å²) in [6.07, 6.45) is 6.15. The highest BCUT2D eigenvalue weighted by Gasteiger charge is 2.28. The second-order valence-electron chi connectivity index (χ2n) is 9.91. The first-order chi connectivity index (χ1) is 15.8. The summed E-state index contributed by atoms with van der Waals surface area (Å²) in [6.45, 7) is 7.80. The maximum atomic E-state index is 12.4. The molecule has 0 saturated carbocycles. The van der Waals surface area contributed by atoms with Gasteiger partial charge < -0.3 is 19.1 Å². The van der Waals surface area contributed by atoms with Crippen molar-refractivity contribution < 1.29 is 19.0 Å². The van der Waals surface area contributed by atoms with Crippen LogP contribution in [0, 0.1) is 5.92 Å². The van der Waals surface area contributed by atoms with E-state index in [0.717, 1.165) is 56.6 Å². The molecule has 0 N–H and O–H groups in total. The first kappa shape index (κ1) is 24.9. The van der Waals surface area contributed by atoms with Gasteiger partial charge >= 0.3 is 6.09 Å². The standard InChI is InChI=1S/C28H39NO4/c1-28(2,3)33-27(30)29-19-9-11-23(20-29)21-32-26-14-8-7-13-24(26)12-6-5-10-22-15-17-25(31-4)18-16-22/h7-8,13-18,23H,5-6,9-12,19-21H2,1-4H3. The third kappa shape index (κ3) is 8.30. The fraction of sp³-hybridized carbons (Fsp3) is 0.536. The van der Waals surface area contributed by atoms with Crippen molar-refractivity contribution in [1.29, 1.82) is 0 Å². The summed E-state index contributed by atoms with van der Waals surface area (Å²) in [6, 6.07) is 16.7. The Hall–Kier alpha value is -2.69. The molecule has 2 aromatic rings. The average Bonchev–Trinajstić information content (AvgIpc) is 2.80. The van der Waals surface area contributed by atoms with Crippen LogP contribution >= 0.6 is 0 Å². The Balaban J connectivity index is 1.45. The Morgan fingerprint density at radius 1 is 1.03 bits per heavy atom. The molecule has 1 aliphatic heterocycles. The molecule has 0 spiro atoms. The SMILES string of the molecule is COc1ccc(CCCCc2ccccc2OCC2CCCN(C(=O)OC(C)(C)C)C2)cc1. The smallest absolute Gasteiger partial charge is 0.410 e. The van der Waals surface area contributed by atoms with Crippen LogP contribution in [0.2, 0.25) is 0 Å². The number of hydrogen-bond donors (Lipinski definition) is 0. The predicted molar refractivity (Wildman–Crippen MR) is 132 cm³/mol. The number of ether oxygens (including phenoxy) is 3. The first-order valence-electron chi connectivity index (χ1n) is 12.2. The lowest BCUT2D eigenvalue weighted by Gasteiger charge is -2.34. The van der Waals surface area contributed by atoms with Crippen LogP contribution < -0.4 is 9.47 Å². The van der Waals surface area contributed by atoms with Gasteiger partial charge in [0.25, 0.3) is 0 Å². The zero-order valence-electron chi connectivity index (χ0n) is 20.6. The van der Waals surface area contributed by atoms with Crippen molar-refractivity contribution in [3.63, 3.8) is 0 Å². The number of rotatable bonds is 9. The van der Waals surface area contributed by atoms with Crippen molar-refractivity contribution in [1.82, 2.24) is 4.90 Å². The molecule has 0 aromatic heterocycles. The van der Waals surface area contributed by atoms with Gasteiger partial charge in [-0.2, -0.15) is 0 Å². The maximum absolute atomic E-state index is 12.4. The number of nitrogens with zero attached hydrogens (tertiary/aromatic N) is 1. The molecule has 5 heteroatoms. The summed E-state index contributed by atoms with van der Waals surface area (Å²) >= 11 is 0. The minimum absolute atomic E-state index is 0.218. The molecule has 33 heavy (non-hydrogen) atoms. The molecule has 5 nitrogen and oxygen atoms in total. The summed E-state index contributed by atoms with van der Waals surface area (Å²) in [7, 11) is 1.69. The van der Waals surface area contributed by atoms with Gasteiger partial charge in [-0.1, -0.05) is 30.3 Å². The lowest BCUT2D eigenvalue weighted by atomic mass is 9.99. The lowest BCUT2D eigenvalue weighted by Crippen LogP contribution is -2.44. The largest absolute Gasteiger partial charge is 0.497 e. The number of benzene rings is 2. The average molecular weight is 454 g/mol. The molecule has 3 rings (SSSR count). The Kier molecular flexibility index (Phi) is 9.04. The van der Waals surface area contributed by atoms with Gasteiger partial charge in [-0.3, -0.25) is 0 Å². The zero-order valence-corrected chi connectivity index (χ0v) is 20.6. The van der Waals surface area contributed by atoms with Gasteiger partial charge in [0.15, 0.2) is 0 Å². The van der Waals surface area contributed by atoms with E-state index in [1.54, 1.807) is 7.11 Å². The van der Waals surface area contributed by atoms with Gasteiger partial charge in [0.1, 0.15) is 17.1 Å². The third-order valence-electron chi connectivity index (χ3n) is 5.94. The van der Waals surface area contributed by atoms with Gasteiger partial charge in [-0.15, -0.1) is 0 Å².